The van der Waals surface area contributed by atoms with Gasteiger partial charge in [-0.1, -0.05) is 18.5 Å². The van der Waals surface area contributed by atoms with Crippen LogP contribution in [0.2, 0.25) is 5.02 Å². The molecular weight excluding hydrogens is 384 g/mol. The van der Waals surface area contributed by atoms with Gasteiger partial charge in [-0.2, -0.15) is 0 Å². The largest absolute Gasteiger partial charge is 0.369 e. The van der Waals surface area contributed by atoms with E-state index in [2.05, 4.69) is 5.32 Å². The molecule has 0 saturated carbocycles. The van der Waals surface area contributed by atoms with Crippen molar-refractivity contribution in [2.45, 2.75) is 44.3 Å². The summed E-state index contributed by atoms with van der Waals surface area (Å²) in [7, 11) is 0. The predicted octanol–water partition coefficient (Wildman–Crippen LogP) is -0.292. The molecule has 4 rings (SSSR count). The number of hydrogen-bond acceptors (Lipinski definition) is 4. The molecule has 0 bridgehead atoms. The van der Waals surface area contributed by atoms with Crippen molar-refractivity contribution >= 4 is 40.9 Å². The summed E-state index contributed by atoms with van der Waals surface area (Å²) < 4.78 is 0. The number of nitrogens with two attached hydrogens (primary N) is 2. The van der Waals surface area contributed by atoms with Gasteiger partial charge in [-0.05, 0) is 31.5 Å². The minimum Gasteiger partial charge on any atom is -0.369 e. The summed E-state index contributed by atoms with van der Waals surface area (Å²) >= 11 is 6.17. The smallest absolute Gasteiger partial charge is 0.291 e. The van der Waals surface area contributed by atoms with E-state index in [9.17, 15) is 19.2 Å². The van der Waals surface area contributed by atoms with E-state index in [-0.39, 0.29) is 30.2 Å². The summed E-state index contributed by atoms with van der Waals surface area (Å²) in [6.07, 6.45) is 0.502. The van der Waals surface area contributed by atoms with Crippen LogP contribution in [0.4, 0.5) is 5.69 Å². The maximum Gasteiger partial charge on any atom is 0.291 e. The quantitative estimate of drug-likeness (QED) is 0.595. The number of benzene rings is 1. The molecule has 148 valence electrons. The van der Waals surface area contributed by atoms with Crippen molar-refractivity contribution in [3.8, 4) is 0 Å². The number of hydrogen-bond donors (Lipinski definition) is 3. The van der Waals surface area contributed by atoms with E-state index in [0.717, 1.165) is 0 Å². The van der Waals surface area contributed by atoms with Crippen molar-refractivity contribution < 1.29 is 24.5 Å². The average Bonchev–Trinajstić information content (AvgIpc) is 3.20. The van der Waals surface area contributed by atoms with Gasteiger partial charge in [-0.3, -0.25) is 24.1 Å². The molecule has 2 fully saturated rings. The van der Waals surface area contributed by atoms with E-state index in [1.807, 2.05) is 6.92 Å². The second kappa shape index (κ2) is 6.28. The maximum absolute atomic E-state index is 13.4. The van der Waals surface area contributed by atoms with Gasteiger partial charge in [0.2, 0.25) is 23.3 Å². The van der Waals surface area contributed by atoms with Crippen molar-refractivity contribution in [2.75, 3.05) is 5.32 Å². The third-order valence-corrected chi connectivity index (χ3v) is 6.57. The van der Waals surface area contributed by atoms with Crippen LogP contribution in [-0.4, -0.2) is 40.6 Å². The van der Waals surface area contributed by atoms with Gasteiger partial charge in [0, 0.05) is 16.6 Å². The third kappa shape index (κ3) is 2.34. The fraction of sp³-hybridized carbons (Fsp3) is 0.474. The Morgan fingerprint density at radius 2 is 2.07 bits per heavy atom. The zero-order valence-corrected chi connectivity index (χ0v) is 16.3. The first kappa shape index (κ1) is 18.9. The monoisotopic (exact) mass is 405 g/mol. The SMILES string of the molecule is CC[C@@H](C)N1C(=O)[C@@H]2[C@H](CC(N)=O)[NH2+][C@@]3(C(=O)Nc4ccc(Cl)cc43)[C@@H]2C1=O. The number of primary amides is 1. The van der Waals surface area contributed by atoms with Crippen molar-refractivity contribution in [2.24, 2.45) is 17.6 Å². The number of likely N-dealkylation sites (tertiary alicyclic amines) is 1. The topological polar surface area (TPSA) is 126 Å². The molecule has 3 aliphatic heterocycles. The van der Waals surface area contributed by atoms with Crippen LogP contribution >= 0.6 is 11.6 Å². The molecule has 3 heterocycles. The normalized spacial score (nSPS) is 31.9. The Balaban J connectivity index is 1.90. The number of rotatable bonds is 4. The number of nitrogens with one attached hydrogen (secondary N) is 1. The first-order valence-electron chi connectivity index (χ1n) is 9.35. The highest BCUT2D eigenvalue weighted by atomic mass is 35.5. The highest BCUT2D eigenvalue weighted by Gasteiger charge is 2.74. The van der Waals surface area contributed by atoms with Crippen LogP contribution in [0.25, 0.3) is 0 Å². The van der Waals surface area contributed by atoms with Crippen molar-refractivity contribution in [3.05, 3.63) is 28.8 Å². The number of quaternary nitrogens is 1. The number of nitrogens with zero attached hydrogens (tertiary/aromatic N) is 1. The Bertz CT molecular complexity index is 919. The molecule has 0 unspecified atom stereocenters. The number of carbonyl (C=O) groups excluding carboxylic acids is 4. The fourth-order valence-electron chi connectivity index (χ4n) is 4.99. The highest BCUT2D eigenvalue weighted by Crippen LogP contribution is 2.50. The van der Waals surface area contributed by atoms with Gasteiger partial charge in [0.15, 0.2) is 0 Å². The molecular formula is C19H22ClN4O4+. The van der Waals surface area contributed by atoms with Gasteiger partial charge in [0.1, 0.15) is 17.9 Å². The molecule has 1 spiro atoms. The van der Waals surface area contributed by atoms with Crippen LogP contribution in [0.5, 0.6) is 0 Å². The van der Waals surface area contributed by atoms with Gasteiger partial charge >= 0.3 is 0 Å². The summed E-state index contributed by atoms with van der Waals surface area (Å²) in [4.78, 5) is 52.6. The summed E-state index contributed by atoms with van der Waals surface area (Å²) in [5.74, 6) is -3.37. The van der Waals surface area contributed by atoms with Gasteiger partial charge in [-0.15, -0.1) is 0 Å². The van der Waals surface area contributed by atoms with E-state index in [1.54, 1.807) is 30.4 Å². The first-order chi connectivity index (χ1) is 13.2. The molecule has 0 aliphatic carbocycles. The lowest BCUT2D eigenvalue weighted by molar-refractivity contribution is -0.732. The molecule has 5 N–H and O–H groups in total. The summed E-state index contributed by atoms with van der Waals surface area (Å²) in [5.41, 5.74) is 5.20. The highest BCUT2D eigenvalue weighted by molar-refractivity contribution is 6.31. The Morgan fingerprint density at radius 1 is 1.36 bits per heavy atom. The molecule has 0 radical (unpaired) electrons. The Hall–Kier alpha value is -2.45. The van der Waals surface area contributed by atoms with Crippen molar-refractivity contribution in [1.82, 2.24) is 4.90 Å². The molecule has 28 heavy (non-hydrogen) atoms. The fourth-order valence-corrected chi connectivity index (χ4v) is 5.17. The van der Waals surface area contributed by atoms with E-state index in [1.165, 1.54) is 4.90 Å². The average molecular weight is 406 g/mol. The summed E-state index contributed by atoms with van der Waals surface area (Å²) in [5, 5.41) is 4.91. The standard InChI is InChI=1S/C19H21ClN4O4/c1-3-8(2)24-16(26)14-12(7-13(21)25)23-19(15(14)17(24)27)10-6-9(20)4-5-11(10)22-18(19)28/h4-6,8,12,14-15,23H,3,7H2,1-2H3,(H2,21,25)(H,22,28)/p+1/t8-,12+,14-,15+,19-/m1/s1. The number of halogens is 1. The second-order valence-corrected chi connectivity index (χ2v) is 8.26. The third-order valence-electron chi connectivity index (χ3n) is 6.33. The van der Waals surface area contributed by atoms with Crippen LogP contribution in [0.3, 0.4) is 0 Å². The Labute approximate surface area is 166 Å². The first-order valence-corrected chi connectivity index (χ1v) is 9.72. The van der Waals surface area contributed by atoms with E-state index in [4.69, 9.17) is 17.3 Å². The van der Waals surface area contributed by atoms with Gasteiger partial charge in [0.25, 0.3) is 5.91 Å². The number of anilines is 1. The zero-order chi connectivity index (χ0) is 20.4. The van der Waals surface area contributed by atoms with E-state index < -0.39 is 29.3 Å². The van der Waals surface area contributed by atoms with Crippen LogP contribution in [0, 0.1) is 11.8 Å². The molecule has 5 atom stereocenters. The Morgan fingerprint density at radius 3 is 2.71 bits per heavy atom. The van der Waals surface area contributed by atoms with Crippen molar-refractivity contribution in [3.63, 3.8) is 0 Å². The molecule has 1 aromatic rings. The number of fused-ring (bicyclic) bond motifs is 4. The minimum absolute atomic E-state index is 0.0978. The predicted molar refractivity (Wildman–Crippen MR) is 99.9 cm³/mol. The lowest BCUT2D eigenvalue weighted by Crippen LogP contribution is -2.99. The number of carbonyl (C=O) groups is 4. The zero-order valence-electron chi connectivity index (χ0n) is 15.6. The lowest BCUT2D eigenvalue weighted by Gasteiger charge is -2.28. The minimum atomic E-state index is -1.33. The van der Waals surface area contributed by atoms with Crippen LogP contribution < -0.4 is 16.4 Å². The summed E-state index contributed by atoms with van der Waals surface area (Å²) in [6, 6.07) is 4.10. The van der Waals surface area contributed by atoms with E-state index in [0.29, 0.717) is 22.7 Å². The second-order valence-electron chi connectivity index (χ2n) is 7.82. The molecule has 2 saturated heterocycles. The number of amides is 4. The van der Waals surface area contributed by atoms with Crippen LogP contribution in [-0.2, 0) is 24.7 Å². The Kier molecular flexibility index (Phi) is 4.24. The summed E-state index contributed by atoms with van der Waals surface area (Å²) in [6.45, 7) is 3.69. The van der Waals surface area contributed by atoms with Gasteiger partial charge in [-0.25, -0.2) is 0 Å². The maximum atomic E-state index is 13.4. The molecule has 1 aromatic carbocycles. The lowest BCUT2D eigenvalue weighted by atomic mass is 9.76. The van der Waals surface area contributed by atoms with Crippen molar-refractivity contribution in [1.29, 1.82) is 0 Å². The molecule has 9 heteroatoms. The van der Waals surface area contributed by atoms with E-state index >= 15 is 0 Å². The molecule has 0 aromatic heterocycles. The number of imide groups is 1. The molecule has 3 aliphatic rings. The van der Waals surface area contributed by atoms with Crippen LogP contribution in [0.1, 0.15) is 32.3 Å². The van der Waals surface area contributed by atoms with Gasteiger partial charge in [0.05, 0.1) is 12.1 Å². The molecule has 4 amide bonds. The van der Waals surface area contributed by atoms with Gasteiger partial charge < -0.3 is 16.4 Å². The van der Waals surface area contributed by atoms with Crippen LogP contribution in [0.15, 0.2) is 18.2 Å². The molecule has 8 nitrogen and oxygen atoms in total.